The smallest absolute Gasteiger partial charge is 0.269 e. The average Bonchev–Trinajstić information content (AvgIpc) is 2.61. The predicted molar refractivity (Wildman–Crippen MR) is 101 cm³/mol. The van der Waals surface area contributed by atoms with Crippen LogP contribution in [0.1, 0.15) is 5.56 Å². The number of rotatable bonds is 9. The highest BCUT2D eigenvalue weighted by atomic mass is 79.9. The standard InChI is InChI=1S/C17H20BrN3O4/c1-24-16-10-12(9-15(18)17(16)25-2)11-19-7-8-20-13-3-5-14(6-4-13)21(22)23/h3-6,9-10,19-20H,7-8,11H2,1-2H3. The van der Waals surface area contributed by atoms with Gasteiger partial charge in [-0.25, -0.2) is 0 Å². The van der Waals surface area contributed by atoms with E-state index >= 15 is 0 Å². The third kappa shape index (κ3) is 5.33. The number of hydrogen-bond acceptors (Lipinski definition) is 6. The summed E-state index contributed by atoms with van der Waals surface area (Å²) in [7, 11) is 3.21. The van der Waals surface area contributed by atoms with E-state index in [1.807, 2.05) is 12.1 Å². The maximum atomic E-state index is 10.6. The van der Waals surface area contributed by atoms with Crippen LogP contribution in [0, 0.1) is 10.1 Å². The molecule has 0 fully saturated rings. The lowest BCUT2D eigenvalue weighted by Crippen LogP contribution is -2.21. The fourth-order valence-corrected chi connectivity index (χ4v) is 2.95. The minimum absolute atomic E-state index is 0.0858. The molecule has 8 heteroatoms. The van der Waals surface area contributed by atoms with E-state index in [0.29, 0.717) is 24.6 Å². The second kappa shape index (κ2) is 9.24. The molecule has 2 rings (SSSR count). The zero-order valence-corrected chi connectivity index (χ0v) is 15.6. The van der Waals surface area contributed by atoms with Crippen molar-refractivity contribution in [3.05, 3.63) is 56.5 Å². The van der Waals surface area contributed by atoms with Crippen molar-refractivity contribution in [1.29, 1.82) is 0 Å². The van der Waals surface area contributed by atoms with Crippen LogP contribution in [0.5, 0.6) is 11.5 Å². The molecule has 25 heavy (non-hydrogen) atoms. The van der Waals surface area contributed by atoms with Crippen LogP contribution >= 0.6 is 15.9 Å². The summed E-state index contributed by atoms with van der Waals surface area (Å²) in [6.07, 6.45) is 0. The summed E-state index contributed by atoms with van der Waals surface area (Å²) >= 11 is 3.48. The van der Waals surface area contributed by atoms with Gasteiger partial charge in [0, 0.05) is 37.5 Å². The topological polar surface area (TPSA) is 85.7 Å². The molecule has 7 nitrogen and oxygen atoms in total. The number of nitrogens with one attached hydrogen (secondary N) is 2. The summed E-state index contributed by atoms with van der Waals surface area (Å²) < 4.78 is 11.5. The quantitative estimate of drug-likeness (QED) is 0.374. The van der Waals surface area contributed by atoms with Crippen LogP contribution in [0.2, 0.25) is 0 Å². The van der Waals surface area contributed by atoms with Crippen molar-refractivity contribution in [3.8, 4) is 11.5 Å². The molecular weight excluding hydrogens is 390 g/mol. The second-order valence-electron chi connectivity index (χ2n) is 5.22. The molecule has 0 spiro atoms. The highest BCUT2D eigenvalue weighted by Crippen LogP contribution is 2.36. The summed E-state index contributed by atoms with van der Waals surface area (Å²) in [6.45, 7) is 2.12. The SMILES string of the molecule is COc1cc(CNCCNc2ccc([N+](=O)[O-])cc2)cc(Br)c1OC. The largest absolute Gasteiger partial charge is 0.493 e. The zero-order chi connectivity index (χ0) is 18.2. The van der Waals surface area contributed by atoms with E-state index < -0.39 is 4.92 Å². The monoisotopic (exact) mass is 409 g/mol. The van der Waals surface area contributed by atoms with Gasteiger partial charge in [0.25, 0.3) is 5.69 Å². The summed E-state index contributed by atoms with van der Waals surface area (Å²) in [4.78, 5) is 10.2. The van der Waals surface area contributed by atoms with Crippen LogP contribution in [0.3, 0.4) is 0 Å². The number of nitro groups is 1. The summed E-state index contributed by atoms with van der Waals surface area (Å²) in [6, 6.07) is 10.3. The minimum atomic E-state index is -0.410. The molecule has 0 saturated carbocycles. The van der Waals surface area contributed by atoms with Crippen molar-refractivity contribution in [2.45, 2.75) is 6.54 Å². The summed E-state index contributed by atoms with van der Waals surface area (Å²) in [5, 5.41) is 17.2. The lowest BCUT2D eigenvalue weighted by Gasteiger charge is -2.13. The van der Waals surface area contributed by atoms with Gasteiger partial charge in [0.05, 0.1) is 23.6 Å². The highest BCUT2D eigenvalue weighted by molar-refractivity contribution is 9.10. The van der Waals surface area contributed by atoms with Crippen molar-refractivity contribution < 1.29 is 14.4 Å². The van der Waals surface area contributed by atoms with Crippen molar-refractivity contribution >= 4 is 27.3 Å². The number of hydrogen-bond donors (Lipinski definition) is 2. The fraction of sp³-hybridized carbons (Fsp3) is 0.294. The highest BCUT2D eigenvalue weighted by Gasteiger charge is 2.10. The Labute approximate surface area is 154 Å². The van der Waals surface area contributed by atoms with Gasteiger partial charge < -0.3 is 20.1 Å². The molecule has 134 valence electrons. The molecule has 0 radical (unpaired) electrons. The molecular formula is C17H20BrN3O4. The Kier molecular flexibility index (Phi) is 7.03. The van der Waals surface area contributed by atoms with Crippen molar-refractivity contribution in [2.24, 2.45) is 0 Å². The average molecular weight is 410 g/mol. The first kappa shape index (κ1) is 19.0. The molecule has 0 saturated heterocycles. The molecule has 0 aliphatic carbocycles. The third-order valence-electron chi connectivity index (χ3n) is 3.53. The van der Waals surface area contributed by atoms with Crippen LogP contribution in [-0.2, 0) is 6.54 Å². The van der Waals surface area contributed by atoms with Crippen molar-refractivity contribution in [1.82, 2.24) is 5.32 Å². The van der Waals surface area contributed by atoms with Crippen LogP contribution in [0.25, 0.3) is 0 Å². The van der Waals surface area contributed by atoms with Crippen LogP contribution in [0.15, 0.2) is 40.9 Å². The normalized spacial score (nSPS) is 10.4. The molecule has 2 N–H and O–H groups in total. The predicted octanol–water partition coefficient (Wildman–Crippen LogP) is 3.58. The molecule has 0 aromatic heterocycles. The van der Waals surface area contributed by atoms with Gasteiger partial charge >= 0.3 is 0 Å². The van der Waals surface area contributed by atoms with E-state index in [0.717, 1.165) is 22.3 Å². The lowest BCUT2D eigenvalue weighted by atomic mass is 10.2. The van der Waals surface area contributed by atoms with E-state index in [2.05, 4.69) is 26.6 Å². The molecule has 0 unspecified atom stereocenters. The van der Waals surface area contributed by atoms with Gasteiger partial charge in [-0.3, -0.25) is 10.1 Å². The molecule has 0 amide bonds. The van der Waals surface area contributed by atoms with E-state index in [4.69, 9.17) is 9.47 Å². The zero-order valence-electron chi connectivity index (χ0n) is 14.0. The summed E-state index contributed by atoms with van der Waals surface area (Å²) in [5.41, 5.74) is 2.00. The fourth-order valence-electron chi connectivity index (χ4n) is 2.30. The van der Waals surface area contributed by atoms with Crippen molar-refractivity contribution in [3.63, 3.8) is 0 Å². The number of ether oxygens (including phenoxy) is 2. The third-order valence-corrected chi connectivity index (χ3v) is 4.12. The lowest BCUT2D eigenvalue weighted by molar-refractivity contribution is -0.384. The molecule has 0 heterocycles. The van der Waals surface area contributed by atoms with Crippen LogP contribution in [-0.4, -0.2) is 32.2 Å². The first-order chi connectivity index (χ1) is 12.0. The van der Waals surface area contributed by atoms with E-state index in [1.54, 1.807) is 26.4 Å². The van der Waals surface area contributed by atoms with Gasteiger partial charge in [-0.05, 0) is 45.8 Å². The Bertz CT molecular complexity index is 723. The molecule has 0 aliphatic heterocycles. The van der Waals surface area contributed by atoms with Gasteiger partial charge in [-0.2, -0.15) is 0 Å². The molecule has 0 atom stereocenters. The second-order valence-corrected chi connectivity index (χ2v) is 6.08. The van der Waals surface area contributed by atoms with Gasteiger partial charge in [0.2, 0.25) is 0 Å². The van der Waals surface area contributed by atoms with Crippen LogP contribution < -0.4 is 20.1 Å². The van der Waals surface area contributed by atoms with E-state index in [-0.39, 0.29) is 5.69 Å². The molecule has 0 bridgehead atoms. The van der Waals surface area contributed by atoms with Crippen molar-refractivity contribution in [2.75, 3.05) is 32.6 Å². The molecule has 2 aromatic carbocycles. The number of nitrogens with zero attached hydrogens (tertiary/aromatic N) is 1. The first-order valence-corrected chi connectivity index (χ1v) is 8.44. The number of methoxy groups -OCH3 is 2. The molecule has 2 aromatic rings. The maximum Gasteiger partial charge on any atom is 0.269 e. The van der Waals surface area contributed by atoms with Gasteiger partial charge in [0.1, 0.15) is 0 Å². The maximum absolute atomic E-state index is 10.6. The number of anilines is 1. The summed E-state index contributed by atoms with van der Waals surface area (Å²) in [5.74, 6) is 1.35. The van der Waals surface area contributed by atoms with Crippen LogP contribution in [0.4, 0.5) is 11.4 Å². The number of benzene rings is 2. The first-order valence-electron chi connectivity index (χ1n) is 7.64. The number of non-ortho nitro benzene ring substituents is 1. The van der Waals surface area contributed by atoms with E-state index in [9.17, 15) is 10.1 Å². The van der Waals surface area contributed by atoms with E-state index in [1.165, 1.54) is 12.1 Å². The van der Waals surface area contributed by atoms with Gasteiger partial charge in [-0.1, -0.05) is 0 Å². The Morgan fingerprint density at radius 2 is 1.84 bits per heavy atom. The number of nitro benzene ring substituents is 1. The Morgan fingerprint density at radius 3 is 2.44 bits per heavy atom. The number of halogens is 1. The Hall–Kier alpha value is -2.32. The molecule has 0 aliphatic rings. The Balaban J connectivity index is 1.79. The van der Waals surface area contributed by atoms with Gasteiger partial charge in [0.15, 0.2) is 11.5 Å². The Morgan fingerprint density at radius 1 is 1.12 bits per heavy atom. The van der Waals surface area contributed by atoms with Gasteiger partial charge in [-0.15, -0.1) is 0 Å². The minimum Gasteiger partial charge on any atom is -0.493 e.